The molecule has 112 valence electrons. The van der Waals surface area contributed by atoms with E-state index in [1.165, 1.54) is 18.5 Å². The van der Waals surface area contributed by atoms with Crippen molar-refractivity contribution in [1.29, 1.82) is 0 Å². The predicted molar refractivity (Wildman–Crippen MR) is 85.8 cm³/mol. The lowest BCUT2D eigenvalue weighted by Crippen LogP contribution is -2.38. The fraction of sp³-hybridized carbons (Fsp3) is 0.706. The molecule has 2 heterocycles. The Kier molecular flexibility index (Phi) is 4.69. The molecule has 2 N–H and O–H groups in total. The van der Waals surface area contributed by atoms with Gasteiger partial charge in [-0.25, -0.2) is 0 Å². The third-order valence-corrected chi connectivity index (χ3v) is 4.68. The molecule has 1 unspecified atom stereocenters. The number of hydrogen-bond donors (Lipinski definition) is 1. The molecule has 0 bridgehead atoms. The van der Waals surface area contributed by atoms with E-state index in [9.17, 15) is 0 Å². The van der Waals surface area contributed by atoms with Crippen molar-refractivity contribution < 1.29 is 0 Å². The van der Waals surface area contributed by atoms with E-state index < -0.39 is 0 Å². The molecule has 1 aliphatic heterocycles. The van der Waals surface area contributed by atoms with Crippen LogP contribution < -0.4 is 10.6 Å². The fourth-order valence-electron chi connectivity index (χ4n) is 3.02. The van der Waals surface area contributed by atoms with Crippen LogP contribution in [0.5, 0.6) is 0 Å². The van der Waals surface area contributed by atoms with Gasteiger partial charge in [0.1, 0.15) is 0 Å². The minimum absolute atomic E-state index is 0.0654. The monoisotopic (exact) mass is 275 g/mol. The standard InChI is InChI=1S/C17H29N3/c1-5-15(18)16-7-6-14(12-19-16)20-10-8-13(9-11-20)17(2,3)4/h6-7,12-13,15H,5,8-11,18H2,1-4H3. The molecule has 2 rings (SSSR count). The van der Waals surface area contributed by atoms with Crippen LogP contribution in [0.4, 0.5) is 5.69 Å². The molecule has 0 radical (unpaired) electrons. The number of aromatic nitrogens is 1. The van der Waals surface area contributed by atoms with E-state index in [4.69, 9.17) is 5.73 Å². The summed E-state index contributed by atoms with van der Waals surface area (Å²) in [5.41, 5.74) is 8.69. The molecule has 3 nitrogen and oxygen atoms in total. The number of pyridine rings is 1. The molecule has 3 heteroatoms. The van der Waals surface area contributed by atoms with E-state index in [0.29, 0.717) is 5.41 Å². The molecule has 20 heavy (non-hydrogen) atoms. The van der Waals surface area contributed by atoms with Crippen LogP contribution in [-0.2, 0) is 0 Å². The quantitative estimate of drug-likeness (QED) is 0.913. The second-order valence-electron chi connectivity index (χ2n) is 7.08. The summed E-state index contributed by atoms with van der Waals surface area (Å²) in [7, 11) is 0. The van der Waals surface area contributed by atoms with Gasteiger partial charge >= 0.3 is 0 Å². The van der Waals surface area contributed by atoms with Gasteiger partial charge in [-0.1, -0.05) is 27.7 Å². The summed E-state index contributed by atoms with van der Waals surface area (Å²) in [6.07, 6.45) is 5.48. The Morgan fingerprint density at radius 1 is 1.30 bits per heavy atom. The SMILES string of the molecule is CCC(N)c1ccc(N2CCC(C(C)(C)C)CC2)cn1. The molecule has 0 saturated carbocycles. The molecule has 1 aromatic heterocycles. The molecule has 0 aliphatic carbocycles. The maximum atomic E-state index is 6.01. The van der Waals surface area contributed by atoms with E-state index in [-0.39, 0.29) is 6.04 Å². The summed E-state index contributed by atoms with van der Waals surface area (Å²) in [5.74, 6) is 0.833. The Morgan fingerprint density at radius 2 is 1.95 bits per heavy atom. The van der Waals surface area contributed by atoms with Crippen molar-refractivity contribution >= 4 is 5.69 Å². The first-order chi connectivity index (χ1) is 9.41. The highest BCUT2D eigenvalue weighted by atomic mass is 15.1. The molecule has 0 spiro atoms. The van der Waals surface area contributed by atoms with Gasteiger partial charge in [-0.2, -0.15) is 0 Å². The zero-order valence-corrected chi connectivity index (χ0v) is 13.4. The number of hydrogen-bond acceptors (Lipinski definition) is 3. The van der Waals surface area contributed by atoms with Crippen molar-refractivity contribution in [3.05, 3.63) is 24.0 Å². The Labute approximate surface area is 123 Å². The maximum absolute atomic E-state index is 6.01. The molecule has 1 fully saturated rings. The second-order valence-corrected chi connectivity index (χ2v) is 7.08. The van der Waals surface area contributed by atoms with Gasteiger partial charge in [0.2, 0.25) is 0 Å². The molecule has 1 saturated heterocycles. The van der Waals surface area contributed by atoms with Crippen LogP contribution in [0, 0.1) is 11.3 Å². The van der Waals surface area contributed by atoms with E-state index in [2.05, 4.69) is 49.7 Å². The summed E-state index contributed by atoms with van der Waals surface area (Å²) in [4.78, 5) is 6.98. The highest BCUT2D eigenvalue weighted by Crippen LogP contribution is 2.35. The van der Waals surface area contributed by atoms with Gasteiger partial charge < -0.3 is 10.6 Å². The summed E-state index contributed by atoms with van der Waals surface area (Å²) in [6.45, 7) is 11.4. The van der Waals surface area contributed by atoms with Gasteiger partial charge in [0, 0.05) is 19.1 Å². The van der Waals surface area contributed by atoms with Crippen molar-refractivity contribution in [3.63, 3.8) is 0 Å². The average molecular weight is 275 g/mol. The van der Waals surface area contributed by atoms with Gasteiger partial charge in [-0.3, -0.25) is 4.98 Å². The third-order valence-electron chi connectivity index (χ3n) is 4.68. The van der Waals surface area contributed by atoms with Crippen LogP contribution in [-0.4, -0.2) is 18.1 Å². The van der Waals surface area contributed by atoms with Gasteiger partial charge in [0.25, 0.3) is 0 Å². The summed E-state index contributed by atoms with van der Waals surface area (Å²) >= 11 is 0. The van der Waals surface area contributed by atoms with E-state index in [1.54, 1.807) is 0 Å². The Hall–Kier alpha value is -1.09. The highest BCUT2D eigenvalue weighted by Gasteiger charge is 2.28. The van der Waals surface area contributed by atoms with Gasteiger partial charge in [0.05, 0.1) is 17.6 Å². The van der Waals surface area contributed by atoms with Crippen LogP contribution in [0.3, 0.4) is 0 Å². The highest BCUT2D eigenvalue weighted by molar-refractivity contribution is 5.45. The van der Waals surface area contributed by atoms with Crippen LogP contribution in [0.15, 0.2) is 18.3 Å². The van der Waals surface area contributed by atoms with Crippen molar-refractivity contribution in [2.24, 2.45) is 17.1 Å². The van der Waals surface area contributed by atoms with Gasteiger partial charge in [-0.15, -0.1) is 0 Å². The number of nitrogens with two attached hydrogens (primary N) is 1. The van der Waals surface area contributed by atoms with Gasteiger partial charge in [0.15, 0.2) is 0 Å². The van der Waals surface area contributed by atoms with E-state index in [0.717, 1.165) is 31.1 Å². The molecular formula is C17H29N3. The normalized spacial score (nSPS) is 19.1. The maximum Gasteiger partial charge on any atom is 0.0572 e. The lowest BCUT2D eigenvalue weighted by molar-refractivity contribution is 0.199. The minimum atomic E-state index is 0.0654. The molecular weight excluding hydrogens is 246 g/mol. The van der Waals surface area contributed by atoms with Crippen LogP contribution in [0.1, 0.15) is 58.7 Å². The Morgan fingerprint density at radius 3 is 2.40 bits per heavy atom. The summed E-state index contributed by atoms with van der Waals surface area (Å²) in [5, 5.41) is 0. The van der Waals surface area contributed by atoms with Crippen molar-refractivity contribution in [2.45, 2.75) is 53.0 Å². The summed E-state index contributed by atoms with van der Waals surface area (Å²) < 4.78 is 0. The van der Waals surface area contributed by atoms with E-state index >= 15 is 0 Å². The largest absolute Gasteiger partial charge is 0.370 e. The molecule has 1 atom stereocenters. The number of rotatable bonds is 3. The molecule has 0 amide bonds. The third kappa shape index (κ3) is 3.51. The molecule has 1 aliphatic rings. The summed E-state index contributed by atoms with van der Waals surface area (Å²) in [6, 6.07) is 4.32. The molecule has 1 aromatic rings. The lowest BCUT2D eigenvalue weighted by Gasteiger charge is -2.39. The molecule has 0 aromatic carbocycles. The first-order valence-electron chi connectivity index (χ1n) is 7.88. The average Bonchev–Trinajstić information content (AvgIpc) is 2.46. The Bertz CT molecular complexity index is 411. The van der Waals surface area contributed by atoms with Crippen LogP contribution in [0.25, 0.3) is 0 Å². The first-order valence-corrected chi connectivity index (χ1v) is 7.88. The zero-order valence-electron chi connectivity index (χ0n) is 13.4. The zero-order chi connectivity index (χ0) is 14.8. The van der Waals surface area contributed by atoms with Crippen molar-refractivity contribution in [1.82, 2.24) is 4.98 Å². The van der Waals surface area contributed by atoms with Crippen LogP contribution in [0.2, 0.25) is 0 Å². The van der Waals surface area contributed by atoms with Crippen molar-refractivity contribution in [2.75, 3.05) is 18.0 Å². The van der Waals surface area contributed by atoms with Gasteiger partial charge in [-0.05, 0) is 42.7 Å². The van der Waals surface area contributed by atoms with E-state index in [1.807, 2.05) is 6.20 Å². The number of nitrogens with zero attached hydrogens (tertiary/aromatic N) is 2. The predicted octanol–water partition coefficient (Wildman–Crippen LogP) is 3.75. The van der Waals surface area contributed by atoms with Crippen molar-refractivity contribution in [3.8, 4) is 0 Å². The smallest absolute Gasteiger partial charge is 0.0572 e. The van der Waals surface area contributed by atoms with Crippen LogP contribution >= 0.6 is 0 Å². The number of anilines is 1. The minimum Gasteiger partial charge on any atom is -0.370 e. The first kappa shape index (κ1) is 15.3. The fourth-order valence-corrected chi connectivity index (χ4v) is 3.02. The topological polar surface area (TPSA) is 42.1 Å². The Balaban J connectivity index is 1.97. The lowest BCUT2D eigenvalue weighted by atomic mass is 9.75. The number of piperidine rings is 1. The second kappa shape index (κ2) is 6.13.